The molecule has 1 amide bonds. The van der Waals surface area contributed by atoms with Gasteiger partial charge in [0.05, 0.1) is 19.6 Å². The van der Waals surface area contributed by atoms with Gasteiger partial charge in [-0.2, -0.15) is 0 Å². The van der Waals surface area contributed by atoms with Gasteiger partial charge in [0.1, 0.15) is 11.5 Å². The van der Waals surface area contributed by atoms with E-state index in [0.29, 0.717) is 11.6 Å². The Morgan fingerprint density at radius 1 is 1.12 bits per heavy atom. The second kappa shape index (κ2) is 7.58. The summed E-state index contributed by atoms with van der Waals surface area (Å²) in [5.74, 6) is 1.60. The fourth-order valence-electron chi connectivity index (χ4n) is 3.60. The van der Waals surface area contributed by atoms with Gasteiger partial charge in [-0.1, -0.05) is 30.2 Å². The van der Waals surface area contributed by atoms with Crippen LogP contribution in [0.4, 0.5) is 0 Å². The number of carbonyl (C=O) groups is 1. The summed E-state index contributed by atoms with van der Waals surface area (Å²) in [6, 6.07) is 13.3. The second-order valence-corrected chi connectivity index (χ2v) is 7.22. The van der Waals surface area contributed by atoms with Crippen molar-refractivity contribution in [3.05, 3.63) is 58.6 Å². The third-order valence-corrected chi connectivity index (χ3v) is 5.51. The van der Waals surface area contributed by atoms with Crippen molar-refractivity contribution in [2.45, 2.75) is 31.2 Å². The Morgan fingerprint density at radius 3 is 2.35 bits per heavy atom. The molecule has 2 aromatic rings. The van der Waals surface area contributed by atoms with Gasteiger partial charge < -0.3 is 14.4 Å². The number of carbonyl (C=O) groups excluding carboxylic acids is 1. The van der Waals surface area contributed by atoms with Crippen LogP contribution in [0.3, 0.4) is 0 Å². The molecule has 1 saturated carbocycles. The smallest absolute Gasteiger partial charge is 0.233 e. The standard InChI is InChI=1S/C21H24ClNO3/c1-23(14-15-5-10-18(25-2)13-19(15)26-3)20(24)21(11-4-12-21)16-6-8-17(22)9-7-16/h5-10,13H,4,11-12,14H2,1-3H3. The first-order chi connectivity index (χ1) is 12.5. The second-order valence-electron chi connectivity index (χ2n) is 6.78. The van der Waals surface area contributed by atoms with Crippen LogP contribution in [0, 0.1) is 0 Å². The first kappa shape index (κ1) is 18.6. The van der Waals surface area contributed by atoms with Crippen molar-refractivity contribution in [1.29, 1.82) is 0 Å². The van der Waals surface area contributed by atoms with Gasteiger partial charge >= 0.3 is 0 Å². The van der Waals surface area contributed by atoms with E-state index in [9.17, 15) is 4.79 Å². The summed E-state index contributed by atoms with van der Waals surface area (Å²) in [6.07, 6.45) is 2.81. The highest BCUT2D eigenvalue weighted by Gasteiger charge is 2.47. The molecule has 2 aromatic carbocycles. The Balaban J connectivity index is 1.82. The number of amides is 1. The van der Waals surface area contributed by atoms with E-state index in [1.54, 1.807) is 19.1 Å². The van der Waals surface area contributed by atoms with E-state index in [1.807, 2.05) is 49.5 Å². The zero-order valence-corrected chi connectivity index (χ0v) is 16.2. The summed E-state index contributed by atoms with van der Waals surface area (Å²) < 4.78 is 10.7. The molecule has 0 unspecified atom stereocenters. The molecule has 0 N–H and O–H groups in total. The SMILES string of the molecule is COc1ccc(CN(C)C(=O)C2(c3ccc(Cl)cc3)CCC2)c(OC)c1. The van der Waals surface area contributed by atoms with E-state index in [4.69, 9.17) is 21.1 Å². The Bertz CT molecular complexity index is 784. The van der Waals surface area contributed by atoms with Gasteiger partial charge in [0, 0.05) is 30.2 Å². The van der Waals surface area contributed by atoms with Gasteiger partial charge in [0.25, 0.3) is 0 Å². The van der Waals surface area contributed by atoms with Crippen LogP contribution in [0.15, 0.2) is 42.5 Å². The van der Waals surface area contributed by atoms with E-state index in [1.165, 1.54) is 0 Å². The summed E-state index contributed by atoms with van der Waals surface area (Å²) in [7, 11) is 5.10. The van der Waals surface area contributed by atoms with Crippen LogP contribution < -0.4 is 9.47 Å². The van der Waals surface area contributed by atoms with Crippen molar-refractivity contribution >= 4 is 17.5 Å². The third kappa shape index (κ3) is 3.38. The summed E-state index contributed by atoms with van der Waals surface area (Å²) >= 11 is 6.01. The van der Waals surface area contributed by atoms with E-state index < -0.39 is 5.41 Å². The van der Waals surface area contributed by atoms with E-state index in [2.05, 4.69) is 0 Å². The van der Waals surface area contributed by atoms with Crippen LogP contribution in [0.1, 0.15) is 30.4 Å². The molecule has 4 nitrogen and oxygen atoms in total. The minimum Gasteiger partial charge on any atom is -0.497 e. The number of hydrogen-bond donors (Lipinski definition) is 0. The fraction of sp³-hybridized carbons (Fsp3) is 0.381. The summed E-state index contributed by atoms with van der Waals surface area (Å²) in [4.78, 5) is 15.1. The van der Waals surface area contributed by atoms with Crippen LogP contribution in [-0.2, 0) is 16.8 Å². The molecule has 0 radical (unpaired) electrons. The van der Waals surface area contributed by atoms with Gasteiger partial charge in [0.2, 0.25) is 5.91 Å². The monoisotopic (exact) mass is 373 g/mol. The molecular formula is C21H24ClNO3. The molecule has 0 aromatic heterocycles. The zero-order chi connectivity index (χ0) is 18.7. The van der Waals surface area contributed by atoms with Crippen molar-refractivity contribution in [3.63, 3.8) is 0 Å². The lowest BCUT2D eigenvalue weighted by atomic mass is 9.63. The third-order valence-electron chi connectivity index (χ3n) is 5.26. The number of likely N-dealkylation sites (N-methyl/N-ethyl adjacent to an activating group) is 1. The predicted molar refractivity (Wildman–Crippen MR) is 103 cm³/mol. The maximum absolute atomic E-state index is 13.3. The number of halogens is 1. The van der Waals surface area contributed by atoms with Crippen molar-refractivity contribution in [2.24, 2.45) is 0 Å². The topological polar surface area (TPSA) is 38.8 Å². The molecule has 0 heterocycles. The minimum absolute atomic E-state index is 0.143. The molecule has 3 rings (SSSR count). The molecule has 5 heteroatoms. The predicted octanol–water partition coefficient (Wildman–Crippen LogP) is 4.44. The fourth-order valence-corrected chi connectivity index (χ4v) is 3.73. The van der Waals surface area contributed by atoms with E-state index in [-0.39, 0.29) is 5.91 Å². The Kier molecular flexibility index (Phi) is 5.42. The van der Waals surface area contributed by atoms with Crippen molar-refractivity contribution in [2.75, 3.05) is 21.3 Å². The Morgan fingerprint density at radius 2 is 1.81 bits per heavy atom. The maximum atomic E-state index is 13.3. The highest BCUT2D eigenvalue weighted by molar-refractivity contribution is 6.30. The lowest BCUT2D eigenvalue weighted by Crippen LogP contribution is -2.49. The molecule has 26 heavy (non-hydrogen) atoms. The van der Waals surface area contributed by atoms with Crippen LogP contribution in [0.25, 0.3) is 0 Å². The van der Waals surface area contributed by atoms with Crippen molar-refractivity contribution in [3.8, 4) is 11.5 Å². The first-order valence-electron chi connectivity index (χ1n) is 8.72. The van der Waals surface area contributed by atoms with Gasteiger partial charge in [0.15, 0.2) is 0 Å². The quantitative estimate of drug-likeness (QED) is 0.751. The molecule has 138 valence electrons. The number of hydrogen-bond acceptors (Lipinski definition) is 3. The van der Waals surface area contributed by atoms with Crippen molar-refractivity contribution in [1.82, 2.24) is 4.90 Å². The zero-order valence-electron chi connectivity index (χ0n) is 15.4. The summed E-state index contributed by atoms with van der Waals surface area (Å²) in [5.41, 5.74) is 1.57. The lowest BCUT2D eigenvalue weighted by Gasteiger charge is -2.43. The van der Waals surface area contributed by atoms with Gasteiger partial charge in [-0.15, -0.1) is 0 Å². The lowest BCUT2D eigenvalue weighted by molar-refractivity contribution is -0.140. The van der Waals surface area contributed by atoms with Gasteiger partial charge in [-0.25, -0.2) is 0 Å². The number of nitrogens with zero attached hydrogens (tertiary/aromatic N) is 1. The van der Waals surface area contributed by atoms with E-state index in [0.717, 1.165) is 41.9 Å². The number of benzene rings is 2. The average molecular weight is 374 g/mol. The van der Waals surface area contributed by atoms with Crippen LogP contribution >= 0.6 is 11.6 Å². The largest absolute Gasteiger partial charge is 0.497 e. The number of rotatable bonds is 6. The first-order valence-corrected chi connectivity index (χ1v) is 9.10. The maximum Gasteiger partial charge on any atom is 0.233 e. The van der Waals surface area contributed by atoms with Gasteiger partial charge in [-0.3, -0.25) is 4.79 Å². The number of methoxy groups -OCH3 is 2. The molecule has 1 aliphatic rings. The van der Waals surface area contributed by atoms with Crippen molar-refractivity contribution < 1.29 is 14.3 Å². The molecular weight excluding hydrogens is 350 g/mol. The Labute approximate surface area is 159 Å². The molecule has 1 fully saturated rings. The number of ether oxygens (including phenoxy) is 2. The average Bonchev–Trinajstić information content (AvgIpc) is 2.62. The summed E-state index contributed by atoms with van der Waals surface area (Å²) in [5, 5.41) is 0.687. The van der Waals surface area contributed by atoms with Crippen LogP contribution in [-0.4, -0.2) is 32.1 Å². The molecule has 1 aliphatic carbocycles. The van der Waals surface area contributed by atoms with Crippen LogP contribution in [0.2, 0.25) is 5.02 Å². The van der Waals surface area contributed by atoms with Crippen LogP contribution in [0.5, 0.6) is 11.5 Å². The molecule has 0 atom stereocenters. The summed E-state index contributed by atoms with van der Waals surface area (Å²) in [6.45, 7) is 0.487. The van der Waals surface area contributed by atoms with E-state index >= 15 is 0 Å². The Hall–Kier alpha value is -2.20. The molecule has 0 aliphatic heterocycles. The van der Waals surface area contributed by atoms with Gasteiger partial charge in [-0.05, 0) is 42.7 Å². The normalized spacial score (nSPS) is 15.1. The highest BCUT2D eigenvalue weighted by atomic mass is 35.5. The highest BCUT2D eigenvalue weighted by Crippen LogP contribution is 2.45. The molecule has 0 bridgehead atoms. The molecule has 0 saturated heterocycles. The molecule has 0 spiro atoms. The minimum atomic E-state index is -0.432.